The Morgan fingerprint density at radius 1 is 0.585 bits per heavy atom. The van der Waals surface area contributed by atoms with Crippen molar-refractivity contribution < 1.29 is 26.2 Å². The molecule has 2 aromatic carbocycles. The molecule has 53 heavy (non-hydrogen) atoms. The van der Waals surface area contributed by atoms with Crippen LogP contribution >= 0.6 is 0 Å². The largest absolute Gasteiger partial charge is 0.0605 e. The Labute approximate surface area is 341 Å². The molecule has 12 aliphatic carbocycles. The van der Waals surface area contributed by atoms with Crippen LogP contribution in [0.15, 0.2) is 59.2 Å². The van der Waals surface area contributed by atoms with Gasteiger partial charge in [-0.15, -0.1) is 0 Å². The van der Waals surface area contributed by atoms with Gasteiger partial charge in [0.1, 0.15) is 0 Å². The number of allylic oxidation sites excluding steroid dienone is 4. The molecule has 0 aliphatic heterocycles. The predicted molar refractivity (Wildman–Crippen MR) is 215 cm³/mol. The maximum Gasteiger partial charge on any atom is 0.0196 e. The molecule has 0 heterocycles. The molecule has 2 unspecified atom stereocenters. The number of hydrogen-bond donors (Lipinski definition) is 0. The summed E-state index contributed by atoms with van der Waals surface area (Å²) in [5.41, 5.74) is 16.9. The number of fused-ring (bicyclic) bond motifs is 3. The van der Waals surface area contributed by atoms with Crippen LogP contribution in [0.25, 0.3) is 11.1 Å². The van der Waals surface area contributed by atoms with Gasteiger partial charge in [-0.25, -0.2) is 0 Å². The van der Waals surface area contributed by atoms with Crippen molar-refractivity contribution in [3.05, 3.63) is 81.4 Å². The van der Waals surface area contributed by atoms with E-state index >= 15 is 0 Å². The zero-order valence-corrected chi connectivity index (χ0v) is 36.1. The van der Waals surface area contributed by atoms with E-state index in [2.05, 4.69) is 70.2 Å². The van der Waals surface area contributed by atoms with Gasteiger partial charge in [-0.05, 0) is 205 Å². The van der Waals surface area contributed by atoms with E-state index in [0.717, 1.165) is 47.3 Å². The van der Waals surface area contributed by atoms with Gasteiger partial charge in [0.2, 0.25) is 0 Å². The van der Waals surface area contributed by atoms with Crippen molar-refractivity contribution in [2.24, 2.45) is 58.2 Å². The maximum absolute atomic E-state index is 2.85. The van der Waals surface area contributed by atoms with Crippen molar-refractivity contribution in [2.75, 3.05) is 0 Å². The summed E-state index contributed by atoms with van der Waals surface area (Å²) in [4.78, 5) is 0. The summed E-state index contributed by atoms with van der Waals surface area (Å²) in [6.45, 7) is 10.2. The van der Waals surface area contributed by atoms with Crippen molar-refractivity contribution in [1.82, 2.24) is 0 Å². The number of benzene rings is 2. The monoisotopic (exact) mass is 780 g/mol. The van der Waals surface area contributed by atoms with E-state index in [1.165, 1.54) is 122 Å². The molecule has 0 radical (unpaired) electrons. The standard InChI is InChI=1S/C52H66.Zr/c1-49(2,3)40-22-45-46(37-8-6-5-7-9-37)30-50(4,47(45)23-40)48-41-12-10-38(51-24-31-14-32(25-51)16-33(15-31)26-51)20-43(41)44-21-39(11-13-42(44)48)52-27-34-17-35(28-52)19-36(18-34)29-52;/h10-13,20-21,23,31-37,46,48H,5-9,14-19,22,24-30H2,1-4H3;. The van der Waals surface area contributed by atoms with Crippen LogP contribution in [0.3, 0.4) is 0 Å². The molecule has 2 aromatic rings. The van der Waals surface area contributed by atoms with Crippen LogP contribution in [-0.4, -0.2) is 0 Å². The minimum absolute atomic E-state index is 0. The van der Waals surface area contributed by atoms with Crippen LogP contribution in [0.2, 0.25) is 0 Å². The molecule has 0 nitrogen and oxygen atoms in total. The van der Waals surface area contributed by atoms with Crippen molar-refractivity contribution in [1.29, 1.82) is 0 Å². The first-order valence-corrected chi connectivity index (χ1v) is 22.8. The van der Waals surface area contributed by atoms with Crippen LogP contribution in [0.4, 0.5) is 0 Å². The molecule has 14 rings (SSSR count). The summed E-state index contributed by atoms with van der Waals surface area (Å²) in [6, 6.07) is 16.6. The van der Waals surface area contributed by atoms with Gasteiger partial charge < -0.3 is 0 Å². The van der Waals surface area contributed by atoms with E-state index in [9.17, 15) is 0 Å². The Balaban J connectivity index is 0.00000331. The zero-order chi connectivity index (χ0) is 34.8. The second kappa shape index (κ2) is 11.9. The molecule has 8 bridgehead atoms. The van der Waals surface area contributed by atoms with Crippen molar-refractivity contribution in [3.8, 4) is 11.1 Å². The van der Waals surface area contributed by atoms with Crippen molar-refractivity contribution in [3.63, 3.8) is 0 Å². The third kappa shape index (κ3) is 5.12. The Bertz CT molecular complexity index is 1740. The smallest absolute Gasteiger partial charge is 0.0196 e. The van der Waals surface area contributed by atoms with Crippen LogP contribution in [-0.2, 0) is 37.0 Å². The fourth-order valence-corrected chi connectivity index (χ4v) is 17.4. The first-order valence-electron chi connectivity index (χ1n) is 22.8. The predicted octanol–water partition coefficient (Wildman–Crippen LogP) is 14.0. The normalized spacial score (nSPS) is 43.2. The molecule has 1 heteroatoms. The van der Waals surface area contributed by atoms with Gasteiger partial charge in [-0.1, -0.05) is 101 Å². The molecule has 0 saturated heterocycles. The summed E-state index contributed by atoms with van der Waals surface area (Å²) >= 11 is 0. The average Bonchev–Trinajstić information content (AvgIpc) is 3.78. The Morgan fingerprint density at radius 2 is 1.04 bits per heavy atom. The minimum Gasteiger partial charge on any atom is -0.0605 e. The SMILES string of the molecule is CC(C)(C)C1=CC2=C(C1)C(C1CCCCC1)CC2(C)C1c2ccc(C34CC5CC(CC(C5)C3)C4)cc2-c2cc(C34CC5CC(CC(C5)C3)C4)ccc21.[Zr]. The van der Waals surface area contributed by atoms with E-state index in [0.29, 0.717) is 16.7 Å². The van der Waals surface area contributed by atoms with Crippen LogP contribution in [0, 0.1) is 58.2 Å². The minimum atomic E-state index is 0. The Morgan fingerprint density at radius 3 is 1.47 bits per heavy atom. The maximum atomic E-state index is 2.85. The summed E-state index contributed by atoms with van der Waals surface area (Å²) in [7, 11) is 0. The van der Waals surface area contributed by atoms with Gasteiger partial charge >= 0.3 is 0 Å². The van der Waals surface area contributed by atoms with E-state index in [1.54, 1.807) is 44.5 Å². The van der Waals surface area contributed by atoms with Gasteiger partial charge in [0.25, 0.3) is 0 Å². The molecule has 9 fully saturated rings. The van der Waals surface area contributed by atoms with Crippen LogP contribution in [0.5, 0.6) is 0 Å². The van der Waals surface area contributed by atoms with Gasteiger partial charge in [0.05, 0.1) is 0 Å². The van der Waals surface area contributed by atoms with Crippen molar-refractivity contribution in [2.45, 2.75) is 166 Å². The van der Waals surface area contributed by atoms with Gasteiger partial charge in [0.15, 0.2) is 0 Å². The average molecular weight is 782 g/mol. The summed E-state index contributed by atoms with van der Waals surface area (Å²) in [5, 5.41) is 0. The third-order valence-corrected chi connectivity index (χ3v) is 18.9. The first kappa shape index (κ1) is 35.0. The van der Waals surface area contributed by atoms with Crippen LogP contribution < -0.4 is 0 Å². The molecular formula is C52H66Zr. The molecular weight excluding hydrogens is 716 g/mol. The Kier molecular flexibility index (Phi) is 7.87. The van der Waals surface area contributed by atoms with E-state index < -0.39 is 0 Å². The molecule has 0 amide bonds. The second-order valence-electron chi connectivity index (χ2n) is 23.1. The molecule has 0 aromatic heterocycles. The van der Waals surface area contributed by atoms with E-state index in [-0.39, 0.29) is 37.0 Å². The fourth-order valence-electron chi connectivity index (χ4n) is 17.4. The molecule has 9 saturated carbocycles. The quantitative estimate of drug-likeness (QED) is 0.290. The van der Waals surface area contributed by atoms with Gasteiger partial charge in [0, 0.05) is 37.5 Å². The topological polar surface area (TPSA) is 0 Å². The summed E-state index contributed by atoms with van der Waals surface area (Å²) in [6.07, 6.45) is 30.7. The number of hydrogen-bond acceptors (Lipinski definition) is 0. The van der Waals surface area contributed by atoms with Crippen LogP contribution in [0.1, 0.15) is 178 Å². The molecule has 278 valence electrons. The fraction of sp³-hybridized carbons (Fsp3) is 0.692. The molecule has 0 spiro atoms. The van der Waals surface area contributed by atoms with E-state index in [4.69, 9.17) is 0 Å². The number of rotatable bonds is 4. The van der Waals surface area contributed by atoms with Crippen molar-refractivity contribution >= 4 is 0 Å². The Hall–Kier alpha value is -1.20. The first-order chi connectivity index (χ1) is 25.1. The summed E-state index contributed by atoms with van der Waals surface area (Å²) in [5.74, 6) is 8.11. The van der Waals surface area contributed by atoms with Gasteiger partial charge in [-0.3, -0.25) is 0 Å². The molecule has 2 atom stereocenters. The van der Waals surface area contributed by atoms with Gasteiger partial charge in [-0.2, -0.15) is 0 Å². The zero-order valence-electron chi connectivity index (χ0n) is 33.7. The molecule has 12 aliphatic rings. The molecule has 0 N–H and O–H groups in total. The van der Waals surface area contributed by atoms with E-state index in [1.807, 2.05) is 5.57 Å². The second-order valence-corrected chi connectivity index (χ2v) is 23.1. The third-order valence-electron chi connectivity index (χ3n) is 18.9. The summed E-state index contributed by atoms with van der Waals surface area (Å²) < 4.78 is 0.